The van der Waals surface area contributed by atoms with Crippen LogP contribution >= 0.6 is 0 Å². The molecule has 1 aliphatic heterocycles. The van der Waals surface area contributed by atoms with Gasteiger partial charge in [-0.25, -0.2) is 0 Å². The minimum Gasteiger partial charge on any atom is -0.457 e. The van der Waals surface area contributed by atoms with Gasteiger partial charge in [0.25, 0.3) is 0 Å². The molecule has 3 heterocycles. The average molecular weight is 401 g/mol. The fraction of sp³-hybridized carbons (Fsp3) is 0.0370. The number of fused-ring (bicyclic) bond motifs is 7. The van der Waals surface area contributed by atoms with Crippen LogP contribution in [-0.4, -0.2) is 4.40 Å². The molecule has 0 atom stereocenters. The van der Waals surface area contributed by atoms with Gasteiger partial charge in [-0.1, -0.05) is 36.4 Å². The number of hydrogen-bond acceptors (Lipinski definition) is 3. The van der Waals surface area contributed by atoms with E-state index in [2.05, 4.69) is 4.40 Å². The second-order valence-electron chi connectivity index (χ2n) is 8.04. The Kier molecular flexibility index (Phi) is 3.05. The third-order valence-corrected chi connectivity index (χ3v) is 6.41. The lowest BCUT2D eigenvalue weighted by atomic mass is 9.94. The van der Waals surface area contributed by atoms with Gasteiger partial charge in [-0.15, -0.1) is 0 Å². The first-order valence-electron chi connectivity index (χ1n) is 10.3. The van der Waals surface area contributed by atoms with Crippen LogP contribution in [0.1, 0.15) is 11.1 Å². The van der Waals surface area contributed by atoms with E-state index in [4.69, 9.17) is 4.74 Å². The molecule has 4 aromatic carbocycles. The van der Waals surface area contributed by atoms with Crippen molar-refractivity contribution in [3.05, 3.63) is 110 Å². The summed E-state index contributed by atoms with van der Waals surface area (Å²) in [5, 5.41) is 2.42. The standard InChI is InChI=1S/C27H15NO3/c29-26-16-7-2-3-10-20(16)28-21-12-13-23-19(14-15-6-1-4-11-22(15)31-23)24(21)27(30)18-9-5-8-17(26)25(18)28/h1-13H,14H2. The molecule has 0 radical (unpaired) electrons. The fourth-order valence-electron chi connectivity index (χ4n) is 5.05. The van der Waals surface area contributed by atoms with Crippen LogP contribution in [0.2, 0.25) is 0 Å². The zero-order valence-electron chi connectivity index (χ0n) is 16.4. The van der Waals surface area contributed by atoms with Crippen LogP contribution in [0.5, 0.6) is 11.5 Å². The summed E-state index contributed by atoms with van der Waals surface area (Å²) in [6.07, 6.45) is 0.629. The molecule has 0 bridgehead atoms. The van der Waals surface area contributed by atoms with E-state index in [1.165, 1.54) is 0 Å². The van der Waals surface area contributed by atoms with Gasteiger partial charge >= 0.3 is 0 Å². The van der Waals surface area contributed by atoms with Crippen molar-refractivity contribution in [2.45, 2.75) is 6.42 Å². The normalized spacial score (nSPS) is 12.9. The smallest absolute Gasteiger partial charge is 0.197 e. The maximum Gasteiger partial charge on any atom is 0.197 e. The van der Waals surface area contributed by atoms with Crippen LogP contribution in [-0.2, 0) is 6.42 Å². The topological polar surface area (TPSA) is 47.8 Å². The van der Waals surface area contributed by atoms with Crippen molar-refractivity contribution < 1.29 is 4.74 Å². The monoisotopic (exact) mass is 401 g/mol. The third kappa shape index (κ3) is 2.04. The molecule has 0 aliphatic carbocycles. The molecule has 6 aromatic rings. The first kappa shape index (κ1) is 16.6. The van der Waals surface area contributed by atoms with E-state index in [9.17, 15) is 9.59 Å². The number of nitrogens with zero attached hydrogens (tertiary/aromatic N) is 1. The lowest BCUT2D eigenvalue weighted by molar-refractivity contribution is 0.461. The maximum absolute atomic E-state index is 13.8. The van der Waals surface area contributed by atoms with E-state index in [1.807, 2.05) is 66.7 Å². The molecule has 0 spiro atoms. The largest absolute Gasteiger partial charge is 0.457 e. The van der Waals surface area contributed by atoms with Gasteiger partial charge in [0.1, 0.15) is 11.5 Å². The van der Waals surface area contributed by atoms with E-state index >= 15 is 0 Å². The van der Waals surface area contributed by atoms with Crippen molar-refractivity contribution in [1.82, 2.24) is 4.40 Å². The Bertz CT molecular complexity index is 1830. The summed E-state index contributed by atoms with van der Waals surface area (Å²) < 4.78 is 8.22. The van der Waals surface area contributed by atoms with Gasteiger partial charge in [0.2, 0.25) is 0 Å². The van der Waals surface area contributed by atoms with Crippen molar-refractivity contribution in [2.75, 3.05) is 0 Å². The van der Waals surface area contributed by atoms with E-state index in [-0.39, 0.29) is 10.9 Å². The molecule has 0 unspecified atom stereocenters. The van der Waals surface area contributed by atoms with Crippen LogP contribution < -0.4 is 15.6 Å². The summed E-state index contributed by atoms with van der Waals surface area (Å²) in [5.74, 6) is 1.54. The minimum atomic E-state index is -0.0601. The Morgan fingerprint density at radius 3 is 2.29 bits per heavy atom. The van der Waals surface area contributed by atoms with E-state index in [0.717, 1.165) is 27.9 Å². The SMILES string of the molecule is O=c1c2ccccc2n2c3ccc4c(c3c(=O)c3cccc1c32)Cc1ccccc1O4. The molecule has 2 aromatic heterocycles. The zero-order chi connectivity index (χ0) is 20.7. The summed E-state index contributed by atoms with van der Waals surface area (Å²) in [4.78, 5) is 26.9. The van der Waals surface area contributed by atoms with E-state index in [1.54, 1.807) is 12.1 Å². The van der Waals surface area contributed by atoms with Crippen molar-refractivity contribution in [3.63, 3.8) is 0 Å². The lowest BCUT2D eigenvalue weighted by Crippen LogP contribution is -2.16. The molecule has 0 amide bonds. The maximum atomic E-state index is 13.8. The predicted octanol–water partition coefficient (Wildman–Crippen LogP) is 5.25. The Hall–Kier alpha value is -4.18. The second kappa shape index (κ2) is 5.70. The Morgan fingerprint density at radius 2 is 1.39 bits per heavy atom. The summed E-state index contributed by atoms with van der Waals surface area (Å²) in [5.41, 5.74) is 4.13. The van der Waals surface area contributed by atoms with Crippen molar-refractivity contribution >= 4 is 38.1 Å². The van der Waals surface area contributed by atoms with E-state index < -0.39 is 0 Å². The highest BCUT2D eigenvalue weighted by atomic mass is 16.5. The molecule has 4 nitrogen and oxygen atoms in total. The van der Waals surface area contributed by atoms with Crippen LogP contribution in [0.4, 0.5) is 0 Å². The number of para-hydroxylation sites is 3. The lowest BCUT2D eigenvalue weighted by Gasteiger charge is -2.23. The molecule has 4 heteroatoms. The second-order valence-corrected chi connectivity index (χ2v) is 8.04. The molecule has 0 fully saturated rings. The number of pyridine rings is 2. The van der Waals surface area contributed by atoms with Crippen molar-refractivity contribution in [3.8, 4) is 11.5 Å². The van der Waals surface area contributed by atoms with Gasteiger partial charge in [0.15, 0.2) is 10.9 Å². The van der Waals surface area contributed by atoms with Crippen LogP contribution in [0.15, 0.2) is 88.5 Å². The summed E-state index contributed by atoms with van der Waals surface area (Å²) in [6, 6.07) is 24.8. The highest BCUT2D eigenvalue weighted by Crippen LogP contribution is 2.40. The molecule has 31 heavy (non-hydrogen) atoms. The number of hydrogen-bond donors (Lipinski definition) is 0. The van der Waals surface area contributed by atoms with Crippen molar-refractivity contribution in [2.24, 2.45) is 0 Å². The Labute approximate surface area is 175 Å². The minimum absolute atomic E-state index is 0.0461. The first-order chi connectivity index (χ1) is 15.2. The Morgan fingerprint density at radius 1 is 0.645 bits per heavy atom. The molecule has 0 N–H and O–H groups in total. The van der Waals surface area contributed by atoms with E-state index in [0.29, 0.717) is 39.2 Å². The van der Waals surface area contributed by atoms with Gasteiger partial charge in [0.05, 0.1) is 21.9 Å². The van der Waals surface area contributed by atoms with Gasteiger partial charge in [-0.3, -0.25) is 9.59 Å². The fourth-order valence-corrected chi connectivity index (χ4v) is 5.05. The third-order valence-electron chi connectivity index (χ3n) is 6.41. The molecule has 0 saturated heterocycles. The molecule has 0 saturated carbocycles. The zero-order valence-corrected chi connectivity index (χ0v) is 16.4. The summed E-state index contributed by atoms with van der Waals surface area (Å²) >= 11 is 0. The van der Waals surface area contributed by atoms with Gasteiger partial charge in [-0.2, -0.15) is 0 Å². The van der Waals surface area contributed by atoms with Gasteiger partial charge in [0, 0.05) is 28.1 Å². The first-order valence-corrected chi connectivity index (χ1v) is 10.3. The number of ether oxygens (including phenoxy) is 1. The van der Waals surface area contributed by atoms with Crippen molar-refractivity contribution in [1.29, 1.82) is 0 Å². The summed E-state index contributed by atoms with van der Waals surface area (Å²) in [6.45, 7) is 0. The van der Waals surface area contributed by atoms with Crippen LogP contribution in [0.3, 0.4) is 0 Å². The predicted molar refractivity (Wildman–Crippen MR) is 123 cm³/mol. The number of aromatic nitrogens is 1. The van der Waals surface area contributed by atoms with Crippen LogP contribution in [0.25, 0.3) is 38.1 Å². The summed E-state index contributed by atoms with van der Waals surface area (Å²) in [7, 11) is 0. The molecular formula is C27H15NO3. The number of benzene rings is 4. The molecule has 146 valence electrons. The molecule has 1 aliphatic rings. The quantitative estimate of drug-likeness (QED) is 0.257. The number of rotatable bonds is 0. The highest BCUT2D eigenvalue weighted by molar-refractivity contribution is 6.08. The highest BCUT2D eigenvalue weighted by Gasteiger charge is 2.24. The van der Waals surface area contributed by atoms with Gasteiger partial charge in [-0.05, 0) is 48.0 Å². The van der Waals surface area contributed by atoms with Gasteiger partial charge < -0.3 is 9.14 Å². The van der Waals surface area contributed by atoms with Crippen LogP contribution in [0, 0.1) is 0 Å². The molecular weight excluding hydrogens is 386 g/mol. The Balaban J connectivity index is 1.76. The average Bonchev–Trinajstić information content (AvgIpc) is 2.82. The molecule has 7 rings (SSSR count).